The number of aromatic nitrogens is 2. The summed E-state index contributed by atoms with van der Waals surface area (Å²) < 4.78 is 1.81. The third-order valence-electron chi connectivity index (χ3n) is 2.28. The Hall–Kier alpha value is -1.32. The van der Waals surface area contributed by atoms with E-state index in [2.05, 4.69) is 5.10 Å². The molecular weight excluding hydrogens is 164 g/mol. The van der Waals surface area contributed by atoms with E-state index < -0.39 is 0 Å². The molecule has 1 saturated carbocycles. The predicted molar refractivity (Wildman–Crippen MR) is 50.8 cm³/mol. The normalized spacial score (nSPS) is 16.1. The maximum absolute atomic E-state index is 7.24. The highest BCUT2D eigenvalue weighted by Gasteiger charge is 2.28. The van der Waals surface area contributed by atoms with Crippen LogP contribution in [-0.4, -0.2) is 15.6 Å². The number of nitrogens with two attached hydrogens (primary N) is 1. The van der Waals surface area contributed by atoms with Crippen LogP contribution < -0.4 is 5.73 Å². The lowest BCUT2D eigenvalue weighted by Gasteiger charge is -1.97. The number of aryl methyl sites for hydroxylation is 1. The average Bonchev–Trinajstić information content (AvgIpc) is 2.77. The molecule has 1 aliphatic carbocycles. The number of nitrogens with zero attached hydrogens (tertiary/aromatic N) is 2. The largest absolute Gasteiger partial charge is 0.387 e. The van der Waals surface area contributed by atoms with Gasteiger partial charge in [-0.1, -0.05) is 0 Å². The molecule has 2 rings (SSSR count). The number of hydrogen-bond donors (Lipinski definition) is 2. The minimum atomic E-state index is 0.218. The molecule has 70 valence electrons. The highest BCUT2D eigenvalue weighted by molar-refractivity contribution is 5.79. The summed E-state index contributed by atoms with van der Waals surface area (Å²) in [5, 5.41) is 11.6. The first-order chi connectivity index (χ1) is 6.16. The number of hydrogen-bond acceptors (Lipinski definition) is 2. The van der Waals surface area contributed by atoms with Crippen LogP contribution in [-0.2, 0) is 13.5 Å². The molecule has 1 aromatic heterocycles. The molecule has 1 aliphatic rings. The van der Waals surface area contributed by atoms with Gasteiger partial charge in [0.25, 0.3) is 0 Å². The lowest BCUT2D eigenvalue weighted by molar-refractivity contribution is 0.744. The molecule has 1 heterocycles. The van der Waals surface area contributed by atoms with Crippen molar-refractivity contribution in [1.82, 2.24) is 9.78 Å². The van der Waals surface area contributed by atoms with Crippen LogP contribution in [0.25, 0.3) is 0 Å². The zero-order valence-electron chi connectivity index (χ0n) is 7.75. The van der Waals surface area contributed by atoms with Crippen LogP contribution in [0.15, 0.2) is 6.20 Å². The Bertz CT molecular complexity index is 335. The van der Waals surface area contributed by atoms with Gasteiger partial charge in [-0.3, -0.25) is 10.1 Å². The van der Waals surface area contributed by atoms with Crippen molar-refractivity contribution in [3.05, 3.63) is 17.5 Å². The third kappa shape index (κ3) is 1.71. The molecule has 0 amide bonds. The van der Waals surface area contributed by atoms with Crippen molar-refractivity contribution in [3.8, 4) is 0 Å². The van der Waals surface area contributed by atoms with E-state index >= 15 is 0 Å². The summed E-state index contributed by atoms with van der Waals surface area (Å²) in [7, 11) is 1.91. The van der Waals surface area contributed by atoms with Crippen molar-refractivity contribution in [2.45, 2.75) is 25.2 Å². The van der Waals surface area contributed by atoms with Gasteiger partial charge in [-0.25, -0.2) is 0 Å². The topological polar surface area (TPSA) is 67.7 Å². The first-order valence-corrected chi connectivity index (χ1v) is 4.52. The monoisotopic (exact) mass is 178 g/mol. The van der Waals surface area contributed by atoms with E-state index in [4.69, 9.17) is 11.1 Å². The molecular formula is C9H14N4. The SMILES string of the molecule is Cn1cc(CC(=N)N)c(C2CC2)n1. The van der Waals surface area contributed by atoms with E-state index in [1.54, 1.807) is 0 Å². The van der Waals surface area contributed by atoms with E-state index in [1.165, 1.54) is 12.8 Å². The first kappa shape index (κ1) is 8.29. The molecule has 0 spiro atoms. The minimum absolute atomic E-state index is 0.218. The zero-order valence-corrected chi connectivity index (χ0v) is 7.75. The summed E-state index contributed by atoms with van der Waals surface area (Å²) >= 11 is 0. The highest BCUT2D eigenvalue weighted by atomic mass is 15.3. The second kappa shape index (κ2) is 2.87. The van der Waals surface area contributed by atoms with Crippen molar-refractivity contribution >= 4 is 5.84 Å². The van der Waals surface area contributed by atoms with E-state index in [-0.39, 0.29) is 5.84 Å². The summed E-state index contributed by atoms with van der Waals surface area (Å²) in [5.74, 6) is 0.852. The molecule has 1 fully saturated rings. The summed E-state index contributed by atoms with van der Waals surface area (Å²) in [5.41, 5.74) is 7.64. The quantitative estimate of drug-likeness (QED) is 0.530. The van der Waals surface area contributed by atoms with E-state index in [1.807, 2.05) is 17.9 Å². The molecule has 0 bridgehead atoms. The Morgan fingerprint density at radius 1 is 1.77 bits per heavy atom. The lowest BCUT2D eigenvalue weighted by Crippen LogP contribution is -2.13. The van der Waals surface area contributed by atoms with Gasteiger partial charge in [0.1, 0.15) is 0 Å². The Labute approximate surface area is 77.2 Å². The standard InChI is InChI=1S/C9H14N4/c1-13-5-7(4-8(10)11)9(12-13)6-2-3-6/h5-6H,2-4H2,1H3,(H3,10,11). The second-order valence-electron chi connectivity index (χ2n) is 3.69. The van der Waals surface area contributed by atoms with Crippen LogP contribution in [0.4, 0.5) is 0 Å². The van der Waals surface area contributed by atoms with Crippen LogP contribution in [0.2, 0.25) is 0 Å². The second-order valence-corrected chi connectivity index (χ2v) is 3.69. The van der Waals surface area contributed by atoms with Gasteiger partial charge in [0.05, 0.1) is 11.5 Å². The Balaban J connectivity index is 2.25. The van der Waals surface area contributed by atoms with Crippen molar-refractivity contribution in [2.24, 2.45) is 12.8 Å². The van der Waals surface area contributed by atoms with Crippen LogP contribution >= 0.6 is 0 Å². The fourth-order valence-electron chi connectivity index (χ4n) is 1.60. The Morgan fingerprint density at radius 2 is 2.46 bits per heavy atom. The molecule has 1 aromatic rings. The third-order valence-corrected chi connectivity index (χ3v) is 2.28. The van der Waals surface area contributed by atoms with Gasteiger partial charge in [0.2, 0.25) is 0 Å². The van der Waals surface area contributed by atoms with E-state index in [0.29, 0.717) is 12.3 Å². The Morgan fingerprint density at radius 3 is 3.00 bits per heavy atom. The van der Waals surface area contributed by atoms with Crippen LogP contribution in [0.1, 0.15) is 30.0 Å². The van der Waals surface area contributed by atoms with Crippen molar-refractivity contribution in [1.29, 1.82) is 5.41 Å². The molecule has 0 aromatic carbocycles. The highest BCUT2D eigenvalue weighted by Crippen LogP contribution is 2.40. The van der Waals surface area contributed by atoms with Crippen LogP contribution in [0.5, 0.6) is 0 Å². The fraction of sp³-hybridized carbons (Fsp3) is 0.556. The van der Waals surface area contributed by atoms with Crippen molar-refractivity contribution in [2.75, 3.05) is 0 Å². The van der Waals surface area contributed by atoms with Crippen molar-refractivity contribution in [3.63, 3.8) is 0 Å². The lowest BCUT2D eigenvalue weighted by atomic mass is 10.1. The molecule has 4 heteroatoms. The molecule has 0 saturated heterocycles. The number of amidine groups is 1. The smallest absolute Gasteiger partial charge is 0.0951 e. The summed E-state index contributed by atoms with van der Waals surface area (Å²) in [4.78, 5) is 0. The van der Waals surface area contributed by atoms with Gasteiger partial charge in [-0.15, -0.1) is 0 Å². The van der Waals surface area contributed by atoms with Crippen LogP contribution in [0.3, 0.4) is 0 Å². The summed E-state index contributed by atoms with van der Waals surface area (Å²) in [6.45, 7) is 0. The molecule has 13 heavy (non-hydrogen) atoms. The number of rotatable bonds is 3. The fourth-order valence-corrected chi connectivity index (χ4v) is 1.60. The molecule has 0 atom stereocenters. The Kier molecular flexibility index (Phi) is 1.83. The summed E-state index contributed by atoms with van der Waals surface area (Å²) in [6.07, 6.45) is 4.98. The van der Waals surface area contributed by atoms with Crippen molar-refractivity contribution < 1.29 is 0 Å². The zero-order chi connectivity index (χ0) is 9.42. The maximum Gasteiger partial charge on any atom is 0.0951 e. The average molecular weight is 178 g/mol. The van der Waals surface area contributed by atoms with Gasteiger partial charge < -0.3 is 5.73 Å². The molecule has 3 N–H and O–H groups in total. The molecule has 0 unspecified atom stereocenters. The molecule has 0 aliphatic heterocycles. The van der Waals surface area contributed by atoms with Gasteiger partial charge in [0, 0.05) is 31.1 Å². The summed E-state index contributed by atoms with van der Waals surface area (Å²) in [6, 6.07) is 0. The van der Waals surface area contributed by atoms with Gasteiger partial charge in [-0.2, -0.15) is 5.10 Å². The van der Waals surface area contributed by atoms with Crippen LogP contribution in [0, 0.1) is 5.41 Å². The number of nitrogens with one attached hydrogen (secondary N) is 1. The van der Waals surface area contributed by atoms with E-state index in [0.717, 1.165) is 11.3 Å². The van der Waals surface area contributed by atoms with E-state index in [9.17, 15) is 0 Å². The van der Waals surface area contributed by atoms with Gasteiger partial charge in [-0.05, 0) is 12.8 Å². The molecule has 4 nitrogen and oxygen atoms in total. The van der Waals surface area contributed by atoms with Gasteiger partial charge in [0.15, 0.2) is 0 Å². The van der Waals surface area contributed by atoms with Gasteiger partial charge >= 0.3 is 0 Å². The molecule has 0 radical (unpaired) electrons. The maximum atomic E-state index is 7.24. The first-order valence-electron chi connectivity index (χ1n) is 4.52. The minimum Gasteiger partial charge on any atom is -0.387 e. The predicted octanol–water partition coefficient (Wildman–Crippen LogP) is 0.776.